The van der Waals surface area contributed by atoms with E-state index in [2.05, 4.69) is 9.88 Å². The molecule has 0 aliphatic carbocycles. The summed E-state index contributed by atoms with van der Waals surface area (Å²) in [4.78, 5) is 34.1. The van der Waals surface area contributed by atoms with Gasteiger partial charge in [-0.3, -0.25) is 14.2 Å². The molecule has 0 N–H and O–H groups in total. The van der Waals surface area contributed by atoms with Gasteiger partial charge in [0, 0.05) is 26.2 Å². The Morgan fingerprint density at radius 1 is 1.19 bits per heavy atom. The summed E-state index contributed by atoms with van der Waals surface area (Å²) in [7, 11) is 1.66. The van der Waals surface area contributed by atoms with Crippen molar-refractivity contribution in [1.82, 2.24) is 14.5 Å². The van der Waals surface area contributed by atoms with Gasteiger partial charge in [-0.15, -0.1) is 11.3 Å². The average molecular weight is 384 g/mol. The van der Waals surface area contributed by atoms with Crippen LogP contribution in [0.2, 0.25) is 0 Å². The zero-order valence-corrected chi connectivity index (χ0v) is 15.8. The lowest BCUT2D eigenvalue weighted by Gasteiger charge is -2.36. The molecule has 0 saturated carbocycles. The monoisotopic (exact) mass is 384 g/mol. The van der Waals surface area contributed by atoms with Gasteiger partial charge in [0.25, 0.3) is 5.56 Å². The molecule has 0 atom stereocenters. The summed E-state index contributed by atoms with van der Waals surface area (Å²) in [6, 6.07) is 9.64. The van der Waals surface area contributed by atoms with Crippen LogP contribution >= 0.6 is 11.3 Å². The number of nitrogens with zero attached hydrogens (tertiary/aromatic N) is 4. The zero-order valence-electron chi connectivity index (χ0n) is 15.0. The number of thiophene rings is 1. The molecule has 3 heterocycles. The smallest absolute Gasteiger partial charge is 0.262 e. The molecule has 0 radical (unpaired) electrons. The first-order valence-corrected chi connectivity index (χ1v) is 9.63. The fourth-order valence-electron chi connectivity index (χ4n) is 3.34. The van der Waals surface area contributed by atoms with Gasteiger partial charge >= 0.3 is 0 Å². The predicted octanol–water partition coefficient (Wildman–Crippen LogP) is 1.82. The van der Waals surface area contributed by atoms with Crippen LogP contribution < -0.4 is 15.2 Å². The highest BCUT2D eigenvalue weighted by atomic mass is 32.1. The van der Waals surface area contributed by atoms with Crippen molar-refractivity contribution in [3.05, 3.63) is 52.4 Å². The number of carbonyl (C=O) groups is 1. The normalized spacial score (nSPS) is 14.6. The third kappa shape index (κ3) is 3.40. The molecule has 0 spiro atoms. The topological polar surface area (TPSA) is 67.7 Å². The Balaban J connectivity index is 1.42. The van der Waals surface area contributed by atoms with Crippen molar-refractivity contribution in [3.63, 3.8) is 0 Å². The minimum atomic E-state index is -0.165. The molecule has 0 bridgehead atoms. The third-order valence-corrected chi connectivity index (χ3v) is 5.64. The lowest BCUT2D eigenvalue weighted by molar-refractivity contribution is -0.132. The fraction of sp³-hybridized carbons (Fsp3) is 0.316. The molecule has 2 aromatic heterocycles. The number of carbonyl (C=O) groups excluding carboxylic acids is 1. The Kier molecular flexibility index (Phi) is 4.81. The number of methoxy groups -OCH3 is 1. The zero-order chi connectivity index (χ0) is 18.8. The minimum absolute atomic E-state index is 0.0201. The first-order chi connectivity index (χ1) is 13.2. The quantitative estimate of drug-likeness (QED) is 0.686. The molecule has 27 heavy (non-hydrogen) atoms. The number of ether oxygens (including phenoxy) is 1. The molecule has 3 aromatic rings. The van der Waals surface area contributed by atoms with Gasteiger partial charge in [0.2, 0.25) is 5.91 Å². The van der Waals surface area contributed by atoms with Crippen molar-refractivity contribution in [2.45, 2.75) is 6.54 Å². The Morgan fingerprint density at radius 2 is 1.96 bits per heavy atom. The van der Waals surface area contributed by atoms with Crippen molar-refractivity contribution >= 4 is 33.1 Å². The second-order valence-electron chi connectivity index (χ2n) is 6.36. The Morgan fingerprint density at radius 3 is 2.74 bits per heavy atom. The standard InChI is InChI=1S/C19H20N4O3S/c1-26-16-5-3-2-4-15(16)21-7-9-22(10-8-21)17(24)12-23-13-20-18-14(19(23)25)6-11-27-18/h2-6,11,13H,7-10,12H2,1H3. The predicted molar refractivity (Wildman–Crippen MR) is 106 cm³/mol. The van der Waals surface area contributed by atoms with E-state index in [9.17, 15) is 9.59 Å². The first-order valence-electron chi connectivity index (χ1n) is 8.76. The molecule has 7 nitrogen and oxygen atoms in total. The molecule has 1 amide bonds. The number of benzene rings is 1. The molecule has 1 aliphatic heterocycles. The van der Waals surface area contributed by atoms with E-state index < -0.39 is 0 Å². The number of hydrogen-bond donors (Lipinski definition) is 0. The largest absolute Gasteiger partial charge is 0.495 e. The van der Waals surface area contributed by atoms with Crippen LogP contribution in [0.5, 0.6) is 5.75 Å². The molecule has 8 heteroatoms. The van der Waals surface area contributed by atoms with E-state index in [1.54, 1.807) is 18.1 Å². The van der Waals surface area contributed by atoms with Crippen molar-refractivity contribution < 1.29 is 9.53 Å². The number of hydrogen-bond acceptors (Lipinski definition) is 6. The van der Waals surface area contributed by atoms with E-state index in [4.69, 9.17) is 4.74 Å². The van der Waals surface area contributed by atoms with Gasteiger partial charge < -0.3 is 14.5 Å². The Bertz CT molecular complexity index is 1020. The number of rotatable bonds is 4. The maximum Gasteiger partial charge on any atom is 0.262 e. The third-order valence-electron chi connectivity index (χ3n) is 4.81. The number of piperazine rings is 1. The Labute approximate surface area is 160 Å². The summed E-state index contributed by atoms with van der Waals surface area (Å²) < 4.78 is 6.82. The van der Waals surface area contributed by atoms with E-state index in [0.717, 1.165) is 24.5 Å². The summed E-state index contributed by atoms with van der Waals surface area (Å²) >= 11 is 1.42. The molecule has 1 aliphatic rings. The van der Waals surface area contributed by atoms with Crippen LogP contribution in [0.3, 0.4) is 0 Å². The van der Waals surface area contributed by atoms with Crippen LogP contribution in [0.25, 0.3) is 10.2 Å². The molecule has 1 fully saturated rings. The molecule has 4 rings (SSSR count). The average Bonchev–Trinajstić information content (AvgIpc) is 3.20. The van der Waals surface area contributed by atoms with E-state index in [1.165, 1.54) is 22.2 Å². The van der Waals surface area contributed by atoms with E-state index >= 15 is 0 Å². The summed E-state index contributed by atoms with van der Waals surface area (Å²) in [6.45, 7) is 2.69. The second-order valence-corrected chi connectivity index (χ2v) is 7.25. The van der Waals surface area contributed by atoms with Gasteiger partial charge in [0.15, 0.2) is 0 Å². The highest BCUT2D eigenvalue weighted by Crippen LogP contribution is 2.28. The SMILES string of the molecule is COc1ccccc1N1CCN(C(=O)Cn2cnc3sccc3c2=O)CC1. The lowest BCUT2D eigenvalue weighted by Crippen LogP contribution is -2.50. The Hall–Kier alpha value is -2.87. The van der Waals surface area contributed by atoms with E-state index in [0.29, 0.717) is 23.3 Å². The van der Waals surface area contributed by atoms with Gasteiger partial charge in [-0.1, -0.05) is 12.1 Å². The minimum Gasteiger partial charge on any atom is -0.495 e. The molecular weight excluding hydrogens is 364 g/mol. The number of aromatic nitrogens is 2. The first kappa shape index (κ1) is 17.5. The van der Waals surface area contributed by atoms with Crippen molar-refractivity contribution in [1.29, 1.82) is 0 Å². The summed E-state index contributed by atoms with van der Waals surface area (Å²) in [5, 5.41) is 2.40. The highest BCUT2D eigenvalue weighted by Gasteiger charge is 2.23. The number of para-hydroxylation sites is 2. The van der Waals surface area contributed by atoms with Gasteiger partial charge in [0.05, 0.1) is 24.5 Å². The molecule has 0 unspecified atom stereocenters. The van der Waals surface area contributed by atoms with Gasteiger partial charge in [-0.25, -0.2) is 4.98 Å². The molecule has 1 saturated heterocycles. The van der Waals surface area contributed by atoms with Crippen LogP contribution in [0, 0.1) is 0 Å². The highest BCUT2D eigenvalue weighted by molar-refractivity contribution is 7.16. The van der Waals surface area contributed by atoms with E-state index in [-0.39, 0.29) is 18.0 Å². The van der Waals surface area contributed by atoms with Crippen LogP contribution in [-0.2, 0) is 11.3 Å². The molecule has 140 valence electrons. The summed E-state index contributed by atoms with van der Waals surface area (Å²) in [5.41, 5.74) is 0.873. The lowest BCUT2D eigenvalue weighted by atomic mass is 10.2. The van der Waals surface area contributed by atoms with Gasteiger partial charge in [-0.2, -0.15) is 0 Å². The molecule has 1 aromatic carbocycles. The second kappa shape index (κ2) is 7.40. The number of anilines is 1. The maximum absolute atomic E-state index is 12.7. The van der Waals surface area contributed by atoms with Gasteiger partial charge in [0.1, 0.15) is 17.1 Å². The number of amides is 1. The van der Waals surface area contributed by atoms with Crippen LogP contribution in [0.15, 0.2) is 46.8 Å². The van der Waals surface area contributed by atoms with Crippen LogP contribution in [0.1, 0.15) is 0 Å². The van der Waals surface area contributed by atoms with Gasteiger partial charge in [-0.05, 0) is 23.6 Å². The fourth-order valence-corrected chi connectivity index (χ4v) is 4.06. The van der Waals surface area contributed by atoms with Crippen molar-refractivity contribution in [3.8, 4) is 5.75 Å². The van der Waals surface area contributed by atoms with Crippen molar-refractivity contribution in [2.75, 3.05) is 38.2 Å². The number of fused-ring (bicyclic) bond motifs is 1. The van der Waals surface area contributed by atoms with Crippen molar-refractivity contribution in [2.24, 2.45) is 0 Å². The summed E-state index contributed by atoms with van der Waals surface area (Å²) in [6.07, 6.45) is 1.46. The van der Waals surface area contributed by atoms with Crippen LogP contribution in [0.4, 0.5) is 5.69 Å². The maximum atomic E-state index is 12.7. The van der Waals surface area contributed by atoms with E-state index in [1.807, 2.05) is 29.6 Å². The molecular formula is C19H20N4O3S. The summed E-state index contributed by atoms with van der Waals surface area (Å²) in [5.74, 6) is 0.770. The van der Waals surface area contributed by atoms with Crippen LogP contribution in [-0.4, -0.2) is 53.6 Å².